The Hall–Kier alpha value is -1.53. The van der Waals surface area contributed by atoms with Gasteiger partial charge >= 0.3 is 0 Å². The summed E-state index contributed by atoms with van der Waals surface area (Å²) in [6.07, 6.45) is 9.38. The highest BCUT2D eigenvalue weighted by Crippen LogP contribution is 2.32. The molecule has 0 bridgehead atoms. The molecule has 166 valence electrons. The van der Waals surface area contributed by atoms with Crippen LogP contribution in [0.5, 0.6) is 5.75 Å². The van der Waals surface area contributed by atoms with Crippen LogP contribution in [0.4, 0.5) is 0 Å². The van der Waals surface area contributed by atoms with Crippen LogP contribution in [0.25, 0.3) is 0 Å². The van der Waals surface area contributed by atoms with Crippen molar-refractivity contribution < 1.29 is 15.4 Å². The third-order valence-corrected chi connectivity index (χ3v) is 6.61. The first kappa shape index (κ1) is 24.7. The number of nitrogens with zero attached hydrogens (tertiary/aromatic N) is 1. The van der Waals surface area contributed by atoms with E-state index in [1.807, 2.05) is 17.0 Å². The molecule has 0 radical (unpaired) electrons. The van der Waals surface area contributed by atoms with Gasteiger partial charge in [-0.3, -0.25) is 4.79 Å². The lowest BCUT2D eigenvalue weighted by Gasteiger charge is -2.38. The summed E-state index contributed by atoms with van der Waals surface area (Å²) in [5.41, 5.74) is 0.903. The number of nitrogens with one attached hydrogen (secondary N) is 1. The number of benzene rings is 1. The van der Waals surface area contributed by atoms with Crippen LogP contribution in [0.2, 0.25) is 5.02 Å². The number of carbonyl (C=O) groups excluding carboxylic acids is 1. The number of phenols is 1. The van der Waals surface area contributed by atoms with E-state index in [1.54, 1.807) is 12.1 Å². The first-order valence-corrected chi connectivity index (χ1v) is 11.1. The molecule has 5 nitrogen and oxygen atoms in total. The average Bonchev–Trinajstić information content (AvgIpc) is 2.71. The number of aromatic hydroxyl groups is 1. The maximum absolute atomic E-state index is 13.2. The van der Waals surface area contributed by atoms with Crippen molar-refractivity contribution in [2.24, 2.45) is 17.8 Å². The number of phenolic OH excluding ortho intramolecular Hbond substituents is 1. The van der Waals surface area contributed by atoms with Gasteiger partial charge < -0.3 is 20.8 Å². The van der Waals surface area contributed by atoms with E-state index in [2.05, 4.69) is 31.3 Å². The van der Waals surface area contributed by atoms with Crippen molar-refractivity contribution in [2.45, 2.75) is 45.7 Å². The second-order valence-corrected chi connectivity index (χ2v) is 9.24. The number of hydrogen-bond donors (Lipinski definition) is 2. The lowest BCUT2D eigenvalue weighted by atomic mass is 9.80. The molecule has 7 heteroatoms. The van der Waals surface area contributed by atoms with Gasteiger partial charge in [-0.1, -0.05) is 55.3 Å². The fourth-order valence-corrected chi connectivity index (χ4v) is 4.49. The van der Waals surface area contributed by atoms with Gasteiger partial charge in [0.05, 0.1) is 11.1 Å². The fraction of sp³-hybridized carbons (Fsp3) is 0.522. The van der Waals surface area contributed by atoms with Crippen LogP contribution in [0, 0.1) is 17.8 Å². The molecular weight excluding hydrogens is 423 g/mol. The molecule has 1 aromatic carbocycles. The topological polar surface area (TPSA) is 84.1 Å². The van der Waals surface area contributed by atoms with Crippen LogP contribution in [-0.2, 0) is 11.3 Å². The molecule has 1 aromatic rings. The van der Waals surface area contributed by atoms with Gasteiger partial charge in [0, 0.05) is 24.7 Å². The van der Waals surface area contributed by atoms with Gasteiger partial charge in [0.25, 0.3) is 0 Å². The third-order valence-electron chi connectivity index (χ3n) is 6.01. The molecule has 1 amide bonds. The van der Waals surface area contributed by atoms with Crippen molar-refractivity contribution in [1.82, 2.24) is 10.2 Å². The predicted molar refractivity (Wildman–Crippen MR) is 123 cm³/mol. The summed E-state index contributed by atoms with van der Waals surface area (Å²) in [6.45, 7) is 6.24. The predicted octanol–water partition coefficient (Wildman–Crippen LogP) is 4.27. The van der Waals surface area contributed by atoms with Crippen LogP contribution < -0.4 is 5.32 Å². The van der Waals surface area contributed by atoms with Gasteiger partial charge in [-0.25, -0.2) is 0 Å². The molecule has 3 rings (SSSR count). The van der Waals surface area contributed by atoms with Gasteiger partial charge in [0.1, 0.15) is 5.75 Å². The maximum Gasteiger partial charge on any atom is 0.239 e. The van der Waals surface area contributed by atoms with Crippen LogP contribution in [0.3, 0.4) is 0 Å². The van der Waals surface area contributed by atoms with E-state index in [4.69, 9.17) is 23.2 Å². The zero-order valence-corrected chi connectivity index (χ0v) is 19.1. The maximum atomic E-state index is 13.2. The molecule has 1 unspecified atom stereocenters. The molecule has 2 aliphatic rings. The van der Waals surface area contributed by atoms with Crippen molar-refractivity contribution >= 4 is 29.1 Å². The standard InChI is InChI=1S/C23H30Cl2N2O2.H2O/c1-15(2)22(26-14-16-3-8-20(25)21(28)13-16)23(29)27-11-9-18(10-12-27)17-4-6-19(24)7-5-17;/h3-4,6-8,13,15,17-18,22,26,28H,5,9-12,14H2,1-2H3;1H2/t17?,22-;/m1./s1. The Morgan fingerprint density at radius 2 is 1.97 bits per heavy atom. The Morgan fingerprint density at radius 3 is 2.53 bits per heavy atom. The lowest BCUT2D eigenvalue weighted by molar-refractivity contribution is -0.136. The minimum Gasteiger partial charge on any atom is -0.506 e. The smallest absolute Gasteiger partial charge is 0.239 e. The summed E-state index contributed by atoms with van der Waals surface area (Å²) in [6, 6.07) is 4.93. The van der Waals surface area contributed by atoms with E-state index in [1.165, 1.54) is 0 Å². The number of allylic oxidation sites excluding steroid dienone is 4. The van der Waals surface area contributed by atoms with E-state index < -0.39 is 0 Å². The Kier molecular flexibility index (Phi) is 9.23. The number of piperidine rings is 1. The number of amides is 1. The fourth-order valence-electron chi connectivity index (χ4n) is 4.21. The Balaban J connectivity index is 0.00000320. The molecule has 30 heavy (non-hydrogen) atoms. The van der Waals surface area contributed by atoms with Gasteiger partial charge in [0.2, 0.25) is 5.91 Å². The van der Waals surface area contributed by atoms with Gasteiger partial charge in [-0.05, 0) is 60.8 Å². The van der Waals surface area contributed by atoms with Crippen LogP contribution in [-0.4, -0.2) is 40.5 Å². The molecule has 4 N–H and O–H groups in total. The SMILES string of the molecule is CC(C)[C@@H](NCc1ccc(Cl)c(O)c1)C(=O)N1CCC(C2C=CC(Cl)=CC2)CC1.O. The Labute approximate surface area is 189 Å². The molecule has 0 saturated carbocycles. The lowest BCUT2D eigenvalue weighted by Crippen LogP contribution is -2.51. The van der Waals surface area contributed by atoms with Crippen molar-refractivity contribution in [2.75, 3.05) is 13.1 Å². The largest absolute Gasteiger partial charge is 0.506 e. The summed E-state index contributed by atoms with van der Waals surface area (Å²) in [4.78, 5) is 15.2. The Bertz CT molecular complexity index is 787. The normalized spacial score (nSPS) is 20.6. The molecule has 2 atom stereocenters. The average molecular weight is 455 g/mol. The molecule has 1 saturated heterocycles. The highest BCUT2D eigenvalue weighted by molar-refractivity contribution is 6.32. The van der Waals surface area contributed by atoms with E-state index in [0.717, 1.165) is 42.9 Å². The van der Waals surface area contributed by atoms with E-state index in [-0.39, 0.29) is 29.1 Å². The minimum absolute atomic E-state index is 0. The second-order valence-electron chi connectivity index (χ2n) is 8.40. The quantitative estimate of drug-likeness (QED) is 0.672. The molecular formula is C23H32Cl2N2O3. The summed E-state index contributed by atoms with van der Waals surface area (Å²) in [5, 5.41) is 14.3. The molecule has 1 fully saturated rings. The summed E-state index contributed by atoms with van der Waals surface area (Å²) >= 11 is 11.9. The number of halogens is 2. The van der Waals surface area contributed by atoms with E-state index >= 15 is 0 Å². The number of carbonyl (C=O) groups is 1. The monoisotopic (exact) mass is 454 g/mol. The molecule has 1 aliphatic heterocycles. The van der Waals surface area contributed by atoms with Crippen molar-refractivity contribution in [3.63, 3.8) is 0 Å². The van der Waals surface area contributed by atoms with Crippen molar-refractivity contribution in [3.05, 3.63) is 52.0 Å². The van der Waals surface area contributed by atoms with Gasteiger partial charge in [-0.2, -0.15) is 0 Å². The minimum atomic E-state index is -0.249. The summed E-state index contributed by atoms with van der Waals surface area (Å²) in [5.74, 6) is 1.55. The summed E-state index contributed by atoms with van der Waals surface area (Å²) < 4.78 is 0. The van der Waals surface area contributed by atoms with Crippen LogP contribution >= 0.6 is 23.2 Å². The van der Waals surface area contributed by atoms with E-state index in [0.29, 0.717) is 23.4 Å². The zero-order chi connectivity index (χ0) is 21.0. The Morgan fingerprint density at radius 1 is 1.27 bits per heavy atom. The third kappa shape index (κ3) is 6.24. The van der Waals surface area contributed by atoms with Crippen LogP contribution in [0.1, 0.15) is 38.7 Å². The number of likely N-dealkylation sites (tertiary alicyclic amines) is 1. The molecule has 1 aliphatic carbocycles. The van der Waals surface area contributed by atoms with Crippen molar-refractivity contribution in [1.29, 1.82) is 0 Å². The first-order chi connectivity index (χ1) is 13.8. The zero-order valence-electron chi connectivity index (χ0n) is 17.6. The highest BCUT2D eigenvalue weighted by Gasteiger charge is 2.32. The summed E-state index contributed by atoms with van der Waals surface area (Å²) in [7, 11) is 0. The van der Waals surface area contributed by atoms with E-state index in [9.17, 15) is 9.90 Å². The highest BCUT2D eigenvalue weighted by atomic mass is 35.5. The number of rotatable bonds is 6. The molecule has 0 aromatic heterocycles. The molecule has 1 heterocycles. The first-order valence-electron chi connectivity index (χ1n) is 10.4. The number of hydrogen-bond acceptors (Lipinski definition) is 3. The van der Waals surface area contributed by atoms with Gasteiger partial charge in [-0.15, -0.1) is 0 Å². The van der Waals surface area contributed by atoms with Crippen molar-refractivity contribution in [3.8, 4) is 5.75 Å². The second kappa shape index (κ2) is 11.2. The van der Waals surface area contributed by atoms with Crippen LogP contribution in [0.15, 0.2) is 41.5 Å². The van der Waals surface area contributed by atoms with Gasteiger partial charge in [0.15, 0.2) is 0 Å². The molecule has 0 spiro atoms.